The number of nitrogens with zero attached hydrogens (tertiary/aromatic N) is 4. The van der Waals surface area contributed by atoms with E-state index in [-0.39, 0.29) is 18.4 Å². The van der Waals surface area contributed by atoms with Gasteiger partial charge in [0.05, 0.1) is 0 Å². The first kappa shape index (κ1) is 20.2. The summed E-state index contributed by atoms with van der Waals surface area (Å²) in [5, 5.41) is 3.33. The molecule has 7 heteroatoms. The average Bonchev–Trinajstić information content (AvgIpc) is 3.26. The van der Waals surface area contributed by atoms with Crippen molar-refractivity contribution in [3.05, 3.63) is 29.8 Å². The number of rotatable bonds is 6. The molecule has 1 aromatic carbocycles. The predicted octanol–water partition coefficient (Wildman–Crippen LogP) is 1.66. The van der Waals surface area contributed by atoms with Crippen LogP contribution in [0.25, 0.3) is 0 Å². The SMILES string of the molecule is CCNC(=NCC(=O)N(C)C)N1CC(CCN2CCCC2=O)c2ccccc21. The maximum atomic E-state index is 12.0. The Balaban J connectivity index is 1.76. The number of hydrogen-bond donors (Lipinski definition) is 1. The summed E-state index contributed by atoms with van der Waals surface area (Å²) in [6.07, 6.45) is 2.60. The number of carbonyl (C=O) groups is 2. The predicted molar refractivity (Wildman–Crippen MR) is 112 cm³/mol. The summed E-state index contributed by atoms with van der Waals surface area (Å²) in [5.74, 6) is 1.34. The highest BCUT2D eigenvalue weighted by Gasteiger charge is 2.32. The van der Waals surface area contributed by atoms with Crippen LogP contribution in [0.2, 0.25) is 0 Å². The Labute approximate surface area is 167 Å². The molecule has 7 nitrogen and oxygen atoms in total. The van der Waals surface area contributed by atoms with Crippen LogP contribution in [-0.2, 0) is 9.59 Å². The van der Waals surface area contributed by atoms with Gasteiger partial charge in [-0.3, -0.25) is 9.59 Å². The molecule has 0 spiro atoms. The minimum Gasteiger partial charge on any atom is -0.356 e. The zero-order chi connectivity index (χ0) is 20.1. The van der Waals surface area contributed by atoms with Crippen molar-refractivity contribution in [2.75, 3.05) is 51.7 Å². The highest BCUT2D eigenvalue weighted by molar-refractivity contribution is 5.99. The van der Waals surface area contributed by atoms with Crippen molar-refractivity contribution in [2.24, 2.45) is 4.99 Å². The van der Waals surface area contributed by atoms with Crippen LogP contribution < -0.4 is 10.2 Å². The molecule has 2 aliphatic rings. The van der Waals surface area contributed by atoms with Crippen LogP contribution in [0.4, 0.5) is 5.69 Å². The number of para-hydroxylation sites is 1. The molecule has 3 rings (SSSR count). The molecule has 0 radical (unpaired) electrons. The number of likely N-dealkylation sites (N-methyl/N-ethyl adjacent to an activating group) is 1. The molecule has 1 saturated heterocycles. The molecule has 0 aromatic heterocycles. The topological polar surface area (TPSA) is 68.2 Å². The number of anilines is 1. The van der Waals surface area contributed by atoms with E-state index < -0.39 is 0 Å². The number of guanidine groups is 1. The van der Waals surface area contributed by atoms with Gasteiger partial charge in [0.15, 0.2) is 5.96 Å². The van der Waals surface area contributed by atoms with Crippen molar-refractivity contribution in [3.8, 4) is 0 Å². The van der Waals surface area contributed by atoms with Crippen LogP contribution in [-0.4, -0.2) is 74.4 Å². The van der Waals surface area contributed by atoms with Gasteiger partial charge in [-0.1, -0.05) is 18.2 Å². The number of fused-ring (bicyclic) bond motifs is 1. The number of amides is 2. The summed E-state index contributed by atoms with van der Waals surface area (Å²) in [7, 11) is 3.48. The Hall–Kier alpha value is -2.57. The summed E-state index contributed by atoms with van der Waals surface area (Å²) in [5.41, 5.74) is 2.43. The minimum absolute atomic E-state index is 0.0213. The fraction of sp³-hybridized carbons (Fsp3) is 0.571. The molecule has 2 aliphatic heterocycles. The van der Waals surface area contributed by atoms with E-state index in [1.165, 1.54) is 5.56 Å². The number of aliphatic imine (C=N–C) groups is 1. The molecule has 1 atom stereocenters. The highest BCUT2D eigenvalue weighted by atomic mass is 16.2. The van der Waals surface area contributed by atoms with E-state index in [9.17, 15) is 9.59 Å². The lowest BCUT2D eigenvalue weighted by atomic mass is 9.98. The summed E-state index contributed by atoms with van der Waals surface area (Å²) >= 11 is 0. The lowest BCUT2D eigenvalue weighted by molar-refractivity contribution is -0.128. The van der Waals surface area contributed by atoms with Crippen LogP contribution in [0.1, 0.15) is 37.7 Å². The first-order valence-corrected chi connectivity index (χ1v) is 10.1. The second-order valence-electron chi connectivity index (χ2n) is 7.60. The van der Waals surface area contributed by atoms with E-state index in [0.29, 0.717) is 12.3 Å². The maximum absolute atomic E-state index is 12.0. The fourth-order valence-electron chi connectivity index (χ4n) is 3.87. The van der Waals surface area contributed by atoms with Crippen LogP contribution >= 0.6 is 0 Å². The summed E-state index contributed by atoms with van der Waals surface area (Å²) in [6.45, 7) is 5.39. The highest BCUT2D eigenvalue weighted by Crippen LogP contribution is 2.38. The Morgan fingerprint density at radius 2 is 2.11 bits per heavy atom. The van der Waals surface area contributed by atoms with Crippen molar-refractivity contribution in [1.29, 1.82) is 0 Å². The zero-order valence-corrected chi connectivity index (χ0v) is 17.1. The Kier molecular flexibility index (Phi) is 6.54. The van der Waals surface area contributed by atoms with Crippen molar-refractivity contribution in [2.45, 2.75) is 32.1 Å². The number of benzene rings is 1. The quantitative estimate of drug-likeness (QED) is 0.597. The van der Waals surface area contributed by atoms with E-state index in [4.69, 9.17) is 0 Å². The molecule has 28 heavy (non-hydrogen) atoms. The van der Waals surface area contributed by atoms with Gasteiger partial charge in [-0.25, -0.2) is 4.99 Å². The molecule has 2 amide bonds. The molecule has 0 saturated carbocycles. The van der Waals surface area contributed by atoms with Gasteiger partial charge in [0.1, 0.15) is 6.54 Å². The van der Waals surface area contributed by atoms with Gasteiger partial charge >= 0.3 is 0 Å². The third-order valence-electron chi connectivity index (χ3n) is 5.44. The lowest BCUT2D eigenvalue weighted by Gasteiger charge is -2.23. The number of likely N-dealkylation sites (tertiary alicyclic amines) is 1. The van der Waals surface area contributed by atoms with Gasteiger partial charge in [-0.15, -0.1) is 0 Å². The van der Waals surface area contributed by atoms with Crippen LogP contribution in [0.5, 0.6) is 0 Å². The Morgan fingerprint density at radius 1 is 1.32 bits per heavy atom. The van der Waals surface area contributed by atoms with Crippen molar-refractivity contribution in [3.63, 3.8) is 0 Å². The van der Waals surface area contributed by atoms with E-state index in [1.807, 2.05) is 17.9 Å². The van der Waals surface area contributed by atoms with Gasteiger partial charge in [0, 0.05) is 58.3 Å². The minimum atomic E-state index is -0.0213. The second kappa shape index (κ2) is 9.08. The van der Waals surface area contributed by atoms with Crippen LogP contribution in [0.3, 0.4) is 0 Å². The second-order valence-corrected chi connectivity index (χ2v) is 7.60. The summed E-state index contributed by atoms with van der Waals surface area (Å²) in [4.78, 5) is 34.2. The molecule has 152 valence electrons. The number of hydrogen-bond acceptors (Lipinski definition) is 3. The summed E-state index contributed by atoms with van der Waals surface area (Å²) in [6, 6.07) is 8.38. The Morgan fingerprint density at radius 3 is 2.79 bits per heavy atom. The van der Waals surface area contributed by atoms with Gasteiger partial charge in [-0.05, 0) is 31.4 Å². The van der Waals surface area contributed by atoms with Crippen LogP contribution in [0.15, 0.2) is 29.3 Å². The molecule has 0 aliphatic carbocycles. The largest absolute Gasteiger partial charge is 0.356 e. The van der Waals surface area contributed by atoms with Crippen molar-refractivity contribution < 1.29 is 9.59 Å². The lowest BCUT2D eigenvalue weighted by Crippen LogP contribution is -2.42. The monoisotopic (exact) mass is 385 g/mol. The standard InChI is InChI=1S/C21H31N5O2/c1-4-22-21(23-14-20(28)24(2)3)26-15-16(17-8-5-6-9-18(17)26)11-13-25-12-7-10-19(25)27/h5-6,8-9,16H,4,7,10-15H2,1-3H3,(H,22,23). The zero-order valence-electron chi connectivity index (χ0n) is 17.1. The van der Waals surface area contributed by atoms with E-state index in [1.54, 1.807) is 19.0 Å². The van der Waals surface area contributed by atoms with Gasteiger partial charge < -0.3 is 20.0 Å². The van der Waals surface area contributed by atoms with Gasteiger partial charge in [-0.2, -0.15) is 0 Å². The van der Waals surface area contributed by atoms with Crippen molar-refractivity contribution in [1.82, 2.24) is 15.1 Å². The van der Waals surface area contributed by atoms with E-state index in [2.05, 4.69) is 33.4 Å². The summed E-state index contributed by atoms with van der Waals surface area (Å²) < 4.78 is 0. The first-order chi connectivity index (χ1) is 13.5. The maximum Gasteiger partial charge on any atom is 0.243 e. The van der Waals surface area contributed by atoms with Gasteiger partial charge in [0.2, 0.25) is 11.8 Å². The Bertz CT molecular complexity index is 746. The fourth-order valence-corrected chi connectivity index (χ4v) is 3.87. The van der Waals surface area contributed by atoms with E-state index >= 15 is 0 Å². The normalized spacial score (nSPS) is 19.2. The van der Waals surface area contributed by atoms with E-state index in [0.717, 1.165) is 50.7 Å². The van der Waals surface area contributed by atoms with Crippen LogP contribution in [0, 0.1) is 0 Å². The first-order valence-electron chi connectivity index (χ1n) is 10.1. The molecular formula is C21H31N5O2. The smallest absolute Gasteiger partial charge is 0.243 e. The molecule has 0 bridgehead atoms. The molecule has 1 aromatic rings. The average molecular weight is 386 g/mol. The molecule has 1 N–H and O–H groups in total. The number of nitrogens with one attached hydrogen (secondary N) is 1. The van der Waals surface area contributed by atoms with Crippen molar-refractivity contribution >= 4 is 23.5 Å². The third-order valence-corrected chi connectivity index (χ3v) is 5.44. The molecular weight excluding hydrogens is 354 g/mol. The number of carbonyl (C=O) groups excluding carboxylic acids is 2. The molecule has 1 fully saturated rings. The third kappa shape index (κ3) is 4.46. The molecule has 1 unspecified atom stereocenters. The van der Waals surface area contributed by atoms with Gasteiger partial charge in [0.25, 0.3) is 0 Å². The molecule has 2 heterocycles.